The molecule has 1 amide bonds. The van der Waals surface area contributed by atoms with Gasteiger partial charge in [0.05, 0.1) is 24.6 Å². The molecule has 8 nitrogen and oxygen atoms in total. The number of aromatic amines is 1. The van der Waals surface area contributed by atoms with Crippen molar-refractivity contribution in [2.24, 2.45) is 5.92 Å². The van der Waals surface area contributed by atoms with E-state index in [-0.39, 0.29) is 17.4 Å². The van der Waals surface area contributed by atoms with Gasteiger partial charge in [-0.25, -0.2) is 4.98 Å². The molecule has 2 fully saturated rings. The second kappa shape index (κ2) is 10.0. The van der Waals surface area contributed by atoms with E-state index < -0.39 is 0 Å². The molecule has 5 rings (SSSR count). The number of rotatable bonds is 6. The fourth-order valence-electron chi connectivity index (χ4n) is 4.58. The average Bonchev–Trinajstić information content (AvgIpc) is 3.30. The summed E-state index contributed by atoms with van der Waals surface area (Å²) in [6.45, 7) is 6.18. The van der Waals surface area contributed by atoms with E-state index >= 15 is 0 Å². The van der Waals surface area contributed by atoms with Gasteiger partial charge < -0.3 is 15.0 Å². The Hall–Kier alpha value is -2.75. The third-order valence-electron chi connectivity index (χ3n) is 6.42. The molecule has 1 atom stereocenters. The van der Waals surface area contributed by atoms with E-state index in [9.17, 15) is 9.59 Å². The van der Waals surface area contributed by atoms with Gasteiger partial charge in [0.1, 0.15) is 4.70 Å². The van der Waals surface area contributed by atoms with Crippen molar-refractivity contribution >= 4 is 33.4 Å². The second-order valence-electron chi connectivity index (χ2n) is 8.61. The molecule has 3 aromatic rings. The number of ether oxygens (including phenoxy) is 1. The van der Waals surface area contributed by atoms with E-state index in [1.165, 1.54) is 11.3 Å². The minimum atomic E-state index is -0.126. The number of aromatic nitrogens is 2. The van der Waals surface area contributed by atoms with Crippen LogP contribution >= 0.6 is 11.3 Å². The molecule has 0 spiro atoms. The van der Waals surface area contributed by atoms with Crippen LogP contribution in [0, 0.1) is 5.92 Å². The third kappa shape index (κ3) is 4.95. The summed E-state index contributed by atoms with van der Waals surface area (Å²) in [4.78, 5) is 37.8. The molecule has 33 heavy (non-hydrogen) atoms. The van der Waals surface area contributed by atoms with Gasteiger partial charge in [-0.3, -0.25) is 19.5 Å². The normalized spacial score (nSPS) is 19.6. The lowest BCUT2D eigenvalue weighted by molar-refractivity contribution is -0.125. The fourth-order valence-corrected chi connectivity index (χ4v) is 5.49. The van der Waals surface area contributed by atoms with Crippen LogP contribution in [0.5, 0.6) is 0 Å². The number of anilines is 1. The summed E-state index contributed by atoms with van der Waals surface area (Å²) in [6, 6.07) is 10.0. The highest BCUT2D eigenvalue weighted by atomic mass is 32.1. The number of thiophene rings is 1. The number of hydrogen-bond acceptors (Lipinski definition) is 7. The van der Waals surface area contributed by atoms with Gasteiger partial charge in [0, 0.05) is 50.2 Å². The first kappa shape index (κ1) is 22.1. The zero-order valence-electron chi connectivity index (χ0n) is 18.6. The Bertz CT molecular complexity index is 1160. The van der Waals surface area contributed by atoms with Crippen molar-refractivity contribution in [1.82, 2.24) is 20.2 Å². The molecule has 9 heteroatoms. The molecular formula is C24H29N5O3S. The number of nitrogens with one attached hydrogen (secondary N) is 2. The Labute approximate surface area is 196 Å². The highest BCUT2D eigenvalue weighted by Gasteiger charge is 2.27. The summed E-state index contributed by atoms with van der Waals surface area (Å²) in [7, 11) is 0. The monoisotopic (exact) mass is 467 g/mol. The number of nitrogens with zero attached hydrogens (tertiary/aromatic N) is 3. The van der Waals surface area contributed by atoms with Crippen molar-refractivity contribution in [2.75, 3.05) is 57.4 Å². The Balaban J connectivity index is 1.28. The molecule has 2 aliphatic heterocycles. The maximum Gasteiger partial charge on any atom is 0.270 e. The number of carbonyl (C=O) groups excluding carboxylic acids is 1. The van der Waals surface area contributed by atoms with Crippen LogP contribution in [-0.2, 0) is 9.53 Å². The number of fused-ring (bicyclic) bond motifs is 1. The van der Waals surface area contributed by atoms with Crippen molar-refractivity contribution in [2.45, 2.75) is 12.8 Å². The summed E-state index contributed by atoms with van der Waals surface area (Å²) in [5.74, 6) is 0.520. The third-order valence-corrected chi connectivity index (χ3v) is 7.39. The topological polar surface area (TPSA) is 90.6 Å². The maximum absolute atomic E-state index is 12.8. The van der Waals surface area contributed by atoms with Crippen LogP contribution in [0.4, 0.5) is 5.95 Å². The Morgan fingerprint density at radius 2 is 2.03 bits per heavy atom. The van der Waals surface area contributed by atoms with Crippen molar-refractivity contribution < 1.29 is 9.53 Å². The number of hydrogen-bond donors (Lipinski definition) is 2. The first-order chi connectivity index (χ1) is 16.2. The first-order valence-electron chi connectivity index (χ1n) is 11.6. The molecule has 1 aromatic carbocycles. The molecule has 2 saturated heterocycles. The van der Waals surface area contributed by atoms with Gasteiger partial charge in [0.25, 0.3) is 5.56 Å². The quantitative estimate of drug-likeness (QED) is 0.578. The zero-order valence-corrected chi connectivity index (χ0v) is 19.4. The molecule has 0 radical (unpaired) electrons. The van der Waals surface area contributed by atoms with E-state index in [0.717, 1.165) is 68.9 Å². The van der Waals surface area contributed by atoms with Crippen LogP contribution in [0.3, 0.4) is 0 Å². The van der Waals surface area contributed by atoms with Crippen LogP contribution in [0.2, 0.25) is 0 Å². The van der Waals surface area contributed by atoms with Gasteiger partial charge in [0.15, 0.2) is 0 Å². The van der Waals surface area contributed by atoms with Gasteiger partial charge in [-0.1, -0.05) is 30.3 Å². The molecule has 0 bridgehead atoms. The number of carbonyl (C=O) groups is 1. The van der Waals surface area contributed by atoms with E-state index in [1.807, 2.05) is 40.6 Å². The number of piperidine rings is 1. The zero-order chi connectivity index (χ0) is 22.6. The largest absolute Gasteiger partial charge is 0.379 e. The SMILES string of the molecule is O=C(NCCN1CCOCC1)C1CCCN(c2nc3c(-c4ccccc4)csc3c(=O)[nH]2)C1. The molecule has 2 aliphatic rings. The van der Waals surface area contributed by atoms with Crippen molar-refractivity contribution in [3.05, 3.63) is 46.1 Å². The summed E-state index contributed by atoms with van der Waals surface area (Å²) in [5, 5.41) is 5.09. The van der Waals surface area contributed by atoms with E-state index in [4.69, 9.17) is 9.72 Å². The summed E-state index contributed by atoms with van der Waals surface area (Å²) in [6.07, 6.45) is 1.73. The molecule has 0 saturated carbocycles. The lowest BCUT2D eigenvalue weighted by Crippen LogP contribution is -2.46. The number of benzene rings is 1. The number of amides is 1. The standard InChI is InChI=1S/C24H29N5O3S/c30-22(25-8-10-28-11-13-32-14-12-28)18-7-4-9-29(15-18)24-26-20-19(17-5-2-1-3-6-17)16-33-21(20)23(31)27-24/h1-3,5-6,16,18H,4,7-15H2,(H,25,30)(H,26,27,31). The Morgan fingerprint density at radius 1 is 1.21 bits per heavy atom. The van der Waals surface area contributed by atoms with Crippen LogP contribution in [0.25, 0.3) is 21.3 Å². The van der Waals surface area contributed by atoms with Crippen LogP contribution < -0.4 is 15.8 Å². The minimum absolute atomic E-state index is 0.0805. The van der Waals surface area contributed by atoms with Crippen LogP contribution in [0.15, 0.2) is 40.5 Å². The van der Waals surface area contributed by atoms with E-state index in [0.29, 0.717) is 23.7 Å². The van der Waals surface area contributed by atoms with Gasteiger partial charge in [0.2, 0.25) is 11.9 Å². The molecule has 1 unspecified atom stereocenters. The minimum Gasteiger partial charge on any atom is -0.379 e. The van der Waals surface area contributed by atoms with Crippen molar-refractivity contribution in [3.8, 4) is 11.1 Å². The summed E-state index contributed by atoms with van der Waals surface area (Å²) in [5.41, 5.74) is 2.61. The summed E-state index contributed by atoms with van der Waals surface area (Å²) < 4.78 is 6.01. The molecular weight excluding hydrogens is 438 g/mol. The van der Waals surface area contributed by atoms with Crippen LogP contribution in [0.1, 0.15) is 12.8 Å². The van der Waals surface area contributed by atoms with Gasteiger partial charge >= 0.3 is 0 Å². The van der Waals surface area contributed by atoms with Gasteiger partial charge in [-0.2, -0.15) is 0 Å². The highest BCUT2D eigenvalue weighted by Crippen LogP contribution is 2.32. The summed E-state index contributed by atoms with van der Waals surface area (Å²) >= 11 is 1.42. The van der Waals surface area contributed by atoms with E-state index in [2.05, 4.69) is 15.2 Å². The lowest BCUT2D eigenvalue weighted by atomic mass is 9.97. The number of H-pyrrole nitrogens is 1. The lowest BCUT2D eigenvalue weighted by Gasteiger charge is -2.32. The molecule has 2 aromatic heterocycles. The average molecular weight is 468 g/mol. The maximum atomic E-state index is 12.8. The second-order valence-corrected chi connectivity index (χ2v) is 9.49. The molecule has 174 valence electrons. The van der Waals surface area contributed by atoms with Crippen molar-refractivity contribution in [1.29, 1.82) is 0 Å². The Morgan fingerprint density at radius 3 is 2.85 bits per heavy atom. The van der Waals surface area contributed by atoms with Gasteiger partial charge in [-0.05, 0) is 18.4 Å². The Kier molecular flexibility index (Phi) is 6.70. The predicted molar refractivity (Wildman–Crippen MR) is 131 cm³/mol. The highest BCUT2D eigenvalue weighted by molar-refractivity contribution is 7.17. The fraction of sp³-hybridized carbons (Fsp3) is 0.458. The molecule has 2 N–H and O–H groups in total. The smallest absolute Gasteiger partial charge is 0.270 e. The molecule has 4 heterocycles. The van der Waals surface area contributed by atoms with E-state index in [1.54, 1.807) is 0 Å². The van der Waals surface area contributed by atoms with Crippen molar-refractivity contribution in [3.63, 3.8) is 0 Å². The number of morpholine rings is 1. The predicted octanol–water partition coefficient (Wildman–Crippen LogP) is 2.32. The molecule has 0 aliphatic carbocycles. The van der Waals surface area contributed by atoms with Gasteiger partial charge in [-0.15, -0.1) is 11.3 Å². The van der Waals surface area contributed by atoms with Crippen LogP contribution in [-0.4, -0.2) is 73.3 Å². The first-order valence-corrected chi connectivity index (χ1v) is 12.5.